The van der Waals surface area contributed by atoms with Crippen molar-refractivity contribution in [1.29, 1.82) is 0 Å². The molecule has 4 aromatic rings. The number of nitrogens with zero attached hydrogens (tertiary/aromatic N) is 5. The van der Waals surface area contributed by atoms with Gasteiger partial charge in [0.15, 0.2) is 5.82 Å². The molecule has 2 aromatic heterocycles. The van der Waals surface area contributed by atoms with Crippen LogP contribution in [0.1, 0.15) is 35.4 Å². The van der Waals surface area contributed by atoms with E-state index in [0.29, 0.717) is 37.5 Å². The lowest BCUT2D eigenvalue weighted by atomic mass is 10.1. The number of rotatable bonds is 9. The molecular weight excluding hydrogens is 444 g/mol. The van der Waals surface area contributed by atoms with Crippen molar-refractivity contribution in [3.05, 3.63) is 81.4 Å². The van der Waals surface area contributed by atoms with Gasteiger partial charge < -0.3 is 14.5 Å². The lowest BCUT2D eigenvalue weighted by Crippen LogP contribution is -2.29. The van der Waals surface area contributed by atoms with Crippen LogP contribution in [0.4, 0.5) is 0 Å². The molecule has 0 radical (unpaired) electrons. The number of ether oxygens (including phenoxy) is 2. The normalized spacial score (nSPS) is 15.8. The molecule has 9 heteroatoms. The molecular formula is C26H30N6O3. The number of benzene rings is 2. The smallest absolute Gasteiger partial charge is 0.252 e. The van der Waals surface area contributed by atoms with Gasteiger partial charge in [-0.3, -0.25) is 9.69 Å². The van der Waals surface area contributed by atoms with Gasteiger partial charge in [0.1, 0.15) is 5.75 Å². The summed E-state index contributed by atoms with van der Waals surface area (Å²) in [5.74, 6) is 1.47. The van der Waals surface area contributed by atoms with E-state index in [-0.39, 0.29) is 11.7 Å². The summed E-state index contributed by atoms with van der Waals surface area (Å²) in [7, 11) is 1.61. The summed E-state index contributed by atoms with van der Waals surface area (Å²) < 4.78 is 12.9. The summed E-state index contributed by atoms with van der Waals surface area (Å²) in [5.41, 5.74) is 3.70. The molecule has 1 saturated heterocycles. The molecule has 182 valence electrons. The minimum absolute atomic E-state index is 0.112. The van der Waals surface area contributed by atoms with E-state index >= 15 is 0 Å². The Balaban J connectivity index is 1.42. The molecule has 1 unspecified atom stereocenters. The second kappa shape index (κ2) is 10.4. The Bertz CT molecular complexity index is 1340. The maximum absolute atomic E-state index is 13.0. The Morgan fingerprint density at radius 1 is 1.14 bits per heavy atom. The van der Waals surface area contributed by atoms with Crippen LogP contribution in [0, 0.1) is 6.92 Å². The third kappa shape index (κ3) is 5.58. The summed E-state index contributed by atoms with van der Waals surface area (Å²) in [6.45, 7) is 5.13. The Hall–Kier alpha value is -3.56. The van der Waals surface area contributed by atoms with Crippen LogP contribution in [-0.4, -0.2) is 49.9 Å². The van der Waals surface area contributed by atoms with E-state index in [1.807, 2.05) is 28.9 Å². The first-order valence-corrected chi connectivity index (χ1v) is 11.9. The highest BCUT2D eigenvalue weighted by Gasteiger charge is 2.21. The van der Waals surface area contributed by atoms with Crippen molar-refractivity contribution >= 4 is 10.9 Å². The maximum Gasteiger partial charge on any atom is 0.252 e. The number of nitrogens with one attached hydrogen (secondary N) is 1. The summed E-state index contributed by atoms with van der Waals surface area (Å²) in [6.07, 6.45) is 2.23. The number of methoxy groups -OCH3 is 1. The predicted molar refractivity (Wildman–Crippen MR) is 132 cm³/mol. The SMILES string of the molecule is COc1ccc2cc(CN(Cc3ccc(C)cc3)Cc3nnnn3CC3CCCO3)c(=O)[nH]c2c1. The van der Waals surface area contributed by atoms with E-state index in [1.54, 1.807) is 7.11 Å². The van der Waals surface area contributed by atoms with Crippen molar-refractivity contribution in [2.75, 3.05) is 13.7 Å². The number of hydrogen-bond donors (Lipinski definition) is 1. The molecule has 1 aliphatic rings. The zero-order valence-corrected chi connectivity index (χ0v) is 20.1. The number of tetrazole rings is 1. The molecule has 0 aliphatic carbocycles. The molecule has 0 amide bonds. The summed E-state index contributed by atoms with van der Waals surface area (Å²) in [6, 6.07) is 16.1. The Morgan fingerprint density at radius 2 is 2.00 bits per heavy atom. The maximum atomic E-state index is 13.0. The zero-order valence-electron chi connectivity index (χ0n) is 20.1. The number of fused-ring (bicyclic) bond motifs is 1. The molecule has 0 saturated carbocycles. The second-order valence-corrected chi connectivity index (χ2v) is 9.12. The average Bonchev–Trinajstić information content (AvgIpc) is 3.53. The van der Waals surface area contributed by atoms with E-state index in [9.17, 15) is 4.79 Å². The highest BCUT2D eigenvalue weighted by molar-refractivity contribution is 5.80. The van der Waals surface area contributed by atoms with Crippen molar-refractivity contribution in [2.45, 2.75) is 52.0 Å². The standard InChI is InChI=1S/C26H30N6O3/c1-18-5-7-19(8-6-18)14-31(17-25-28-29-30-32(25)16-23-4-3-11-35-23)15-21-12-20-9-10-22(34-2)13-24(20)27-26(21)33/h5-10,12-13,23H,3-4,11,14-17H2,1-2H3,(H,27,33). The molecule has 9 nitrogen and oxygen atoms in total. The summed E-state index contributed by atoms with van der Waals surface area (Å²) in [4.78, 5) is 18.2. The fourth-order valence-corrected chi connectivity index (χ4v) is 4.49. The zero-order chi connectivity index (χ0) is 24.2. The van der Waals surface area contributed by atoms with E-state index in [4.69, 9.17) is 9.47 Å². The van der Waals surface area contributed by atoms with Gasteiger partial charge in [-0.25, -0.2) is 4.68 Å². The first kappa shape index (κ1) is 23.2. The van der Waals surface area contributed by atoms with Crippen LogP contribution in [0.3, 0.4) is 0 Å². The van der Waals surface area contributed by atoms with Crippen molar-refractivity contribution in [2.24, 2.45) is 0 Å². The Morgan fingerprint density at radius 3 is 2.77 bits per heavy atom. The van der Waals surface area contributed by atoms with Gasteiger partial charge in [-0.05, 0) is 59.3 Å². The van der Waals surface area contributed by atoms with E-state index in [2.05, 4.69) is 56.6 Å². The number of aromatic nitrogens is 5. The van der Waals surface area contributed by atoms with Gasteiger partial charge in [0.05, 0.1) is 31.8 Å². The average molecular weight is 475 g/mol. The van der Waals surface area contributed by atoms with Crippen molar-refractivity contribution in [1.82, 2.24) is 30.1 Å². The molecule has 35 heavy (non-hydrogen) atoms. The summed E-state index contributed by atoms with van der Waals surface area (Å²) >= 11 is 0. The van der Waals surface area contributed by atoms with Crippen molar-refractivity contribution in [3.63, 3.8) is 0 Å². The van der Waals surface area contributed by atoms with Crippen LogP contribution in [0.2, 0.25) is 0 Å². The Kier molecular flexibility index (Phi) is 6.87. The van der Waals surface area contributed by atoms with E-state index < -0.39 is 0 Å². The van der Waals surface area contributed by atoms with Crippen molar-refractivity contribution in [3.8, 4) is 5.75 Å². The van der Waals surface area contributed by atoms with Gasteiger partial charge >= 0.3 is 0 Å². The van der Waals surface area contributed by atoms with Crippen LogP contribution >= 0.6 is 0 Å². The minimum atomic E-state index is -0.112. The highest BCUT2D eigenvalue weighted by Crippen LogP contribution is 2.20. The minimum Gasteiger partial charge on any atom is -0.497 e. The quantitative estimate of drug-likeness (QED) is 0.398. The predicted octanol–water partition coefficient (Wildman–Crippen LogP) is 3.21. The largest absolute Gasteiger partial charge is 0.497 e. The molecule has 1 aliphatic heterocycles. The van der Waals surface area contributed by atoms with Crippen LogP contribution in [0.15, 0.2) is 53.3 Å². The molecule has 2 aromatic carbocycles. The number of hydrogen-bond acceptors (Lipinski definition) is 7. The molecule has 1 N–H and O–H groups in total. The molecule has 1 fully saturated rings. The topological polar surface area (TPSA) is 98.2 Å². The van der Waals surface area contributed by atoms with Gasteiger partial charge in [0.25, 0.3) is 5.56 Å². The number of aromatic amines is 1. The fourth-order valence-electron chi connectivity index (χ4n) is 4.49. The molecule has 5 rings (SSSR count). The molecule has 1 atom stereocenters. The van der Waals surface area contributed by atoms with Gasteiger partial charge in [0, 0.05) is 31.3 Å². The highest BCUT2D eigenvalue weighted by atomic mass is 16.5. The molecule has 0 spiro atoms. The first-order valence-electron chi connectivity index (χ1n) is 11.9. The Labute approximate surface area is 203 Å². The monoisotopic (exact) mass is 474 g/mol. The number of pyridine rings is 1. The van der Waals surface area contributed by atoms with E-state index in [1.165, 1.54) is 5.56 Å². The van der Waals surface area contributed by atoms with Crippen LogP contribution in [-0.2, 0) is 30.9 Å². The number of aryl methyl sites for hydroxylation is 1. The van der Waals surface area contributed by atoms with Crippen LogP contribution < -0.4 is 10.3 Å². The molecule has 0 bridgehead atoms. The van der Waals surface area contributed by atoms with Gasteiger partial charge in [-0.15, -0.1) is 5.10 Å². The van der Waals surface area contributed by atoms with Gasteiger partial charge in [-0.2, -0.15) is 0 Å². The van der Waals surface area contributed by atoms with Crippen LogP contribution in [0.25, 0.3) is 10.9 Å². The van der Waals surface area contributed by atoms with E-state index in [0.717, 1.165) is 41.7 Å². The lowest BCUT2D eigenvalue weighted by Gasteiger charge is -2.22. The van der Waals surface area contributed by atoms with Gasteiger partial charge in [-0.1, -0.05) is 29.8 Å². The molecule has 3 heterocycles. The number of H-pyrrole nitrogens is 1. The lowest BCUT2D eigenvalue weighted by molar-refractivity contribution is 0.0914. The first-order chi connectivity index (χ1) is 17.1. The third-order valence-electron chi connectivity index (χ3n) is 6.42. The third-order valence-corrected chi connectivity index (χ3v) is 6.42. The second-order valence-electron chi connectivity index (χ2n) is 9.12. The van der Waals surface area contributed by atoms with Crippen molar-refractivity contribution < 1.29 is 9.47 Å². The fraction of sp³-hybridized carbons (Fsp3) is 0.385. The summed E-state index contributed by atoms with van der Waals surface area (Å²) in [5, 5.41) is 13.4. The van der Waals surface area contributed by atoms with Crippen LogP contribution in [0.5, 0.6) is 5.75 Å². The van der Waals surface area contributed by atoms with Gasteiger partial charge in [0.2, 0.25) is 0 Å².